The third kappa shape index (κ3) is 3.63. The van der Waals surface area contributed by atoms with Crippen molar-refractivity contribution < 1.29 is 4.79 Å². The van der Waals surface area contributed by atoms with Gasteiger partial charge in [-0.1, -0.05) is 46.9 Å². The molecule has 2 rings (SSSR count). The number of rotatable bonds is 3. The Labute approximate surface area is 131 Å². The van der Waals surface area contributed by atoms with Crippen LogP contribution in [0.5, 0.6) is 0 Å². The molecule has 2 aromatic rings. The van der Waals surface area contributed by atoms with Crippen molar-refractivity contribution in [2.24, 2.45) is 0 Å². The molecule has 104 valence electrons. The van der Waals surface area contributed by atoms with Crippen LogP contribution < -0.4 is 5.32 Å². The Morgan fingerprint density at radius 1 is 1.20 bits per heavy atom. The Morgan fingerprint density at radius 2 is 1.95 bits per heavy atom. The summed E-state index contributed by atoms with van der Waals surface area (Å²) in [7, 11) is 0. The van der Waals surface area contributed by atoms with E-state index < -0.39 is 0 Å². The molecule has 0 aliphatic carbocycles. The fraction of sp³-hybridized carbons (Fsp3) is 0.143. The van der Waals surface area contributed by atoms with Crippen LogP contribution >= 0.6 is 34.8 Å². The zero-order valence-electron chi connectivity index (χ0n) is 10.5. The number of nitrogens with zero attached hydrogens (tertiary/aromatic N) is 1. The average Bonchev–Trinajstić information content (AvgIpc) is 2.41. The number of amides is 1. The summed E-state index contributed by atoms with van der Waals surface area (Å²) in [5.74, 6) is -0.384. The molecule has 0 aliphatic rings. The molecule has 1 unspecified atom stereocenters. The van der Waals surface area contributed by atoms with Gasteiger partial charge in [-0.05, 0) is 36.8 Å². The highest BCUT2D eigenvalue weighted by molar-refractivity contribution is 6.34. The SMILES string of the molecule is CC(NC(=O)c1nc(Cl)ccc1Cl)c1cccc(Cl)c1. The molecule has 1 atom stereocenters. The summed E-state index contributed by atoms with van der Waals surface area (Å²) in [6.45, 7) is 1.85. The van der Waals surface area contributed by atoms with Crippen molar-refractivity contribution in [3.63, 3.8) is 0 Å². The van der Waals surface area contributed by atoms with Gasteiger partial charge in [-0.3, -0.25) is 4.79 Å². The average molecular weight is 330 g/mol. The summed E-state index contributed by atoms with van der Waals surface area (Å²) in [5.41, 5.74) is 0.997. The highest BCUT2D eigenvalue weighted by Gasteiger charge is 2.16. The maximum atomic E-state index is 12.1. The molecule has 0 fully saturated rings. The predicted octanol–water partition coefficient (Wildman–Crippen LogP) is 4.53. The standard InChI is InChI=1S/C14H11Cl3N2O/c1-8(9-3-2-4-10(15)7-9)18-14(20)13-11(16)5-6-12(17)19-13/h2-8H,1H3,(H,18,20). The fourth-order valence-corrected chi connectivity index (χ4v) is 2.24. The van der Waals surface area contributed by atoms with Gasteiger partial charge in [0.25, 0.3) is 5.91 Å². The van der Waals surface area contributed by atoms with Crippen LogP contribution in [0.4, 0.5) is 0 Å². The minimum Gasteiger partial charge on any atom is -0.344 e. The molecule has 1 amide bonds. The molecule has 1 N–H and O–H groups in total. The zero-order valence-corrected chi connectivity index (χ0v) is 12.8. The second-order valence-electron chi connectivity index (χ2n) is 4.21. The lowest BCUT2D eigenvalue weighted by Crippen LogP contribution is -2.27. The molecule has 0 spiro atoms. The van der Waals surface area contributed by atoms with Crippen molar-refractivity contribution >= 4 is 40.7 Å². The maximum Gasteiger partial charge on any atom is 0.271 e. The van der Waals surface area contributed by atoms with E-state index in [1.54, 1.807) is 12.1 Å². The first-order chi connectivity index (χ1) is 9.47. The number of carbonyl (C=O) groups excluding carboxylic acids is 1. The Balaban J connectivity index is 2.17. The van der Waals surface area contributed by atoms with Crippen LogP contribution in [0, 0.1) is 0 Å². The second kappa shape index (κ2) is 6.44. The van der Waals surface area contributed by atoms with Gasteiger partial charge in [0.05, 0.1) is 11.1 Å². The number of aromatic nitrogens is 1. The number of benzene rings is 1. The van der Waals surface area contributed by atoms with Gasteiger partial charge in [0, 0.05) is 5.02 Å². The molecule has 20 heavy (non-hydrogen) atoms. The summed E-state index contributed by atoms with van der Waals surface area (Å²) in [6.07, 6.45) is 0. The van der Waals surface area contributed by atoms with Crippen LogP contribution in [0.15, 0.2) is 36.4 Å². The first-order valence-corrected chi connectivity index (χ1v) is 6.99. The maximum absolute atomic E-state index is 12.1. The van der Waals surface area contributed by atoms with Gasteiger partial charge in [-0.25, -0.2) is 4.98 Å². The van der Waals surface area contributed by atoms with Crippen LogP contribution in [-0.2, 0) is 0 Å². The van der Waals surface area contributed by atoms with E-state index in [1.807, 2.05) is 19.1 Å². The van der Waals surface area contributed by atoms with Crippen LogP contribution in [0.2, 0.25) is 15.2 Å². The fourth-order valence-electron chi connectivity index (χ4n) is 1.70. The largest absolute Gasteiger partial charge is 0.344 e. The smallest absolute Gasteiger partial charge is 0.271 e. The highest BCUT2D eigenvalue weighted by Crippen LogP contribution is 2.20. The van der Waals surface area contributed by atoms with Gasteiger partial charge in [0.1, 0.15) is 10.8 Å². The Morgan fingerprint density at radius 3 is 2.65 bits per heavy atom. The van der Waals surface area contributed by atoms with Crippen LogP contribution in [-0.4, -0.2) is 10.9 Å². The number of nitrogens with one attached hydrogen (secondary N) is 1. The Hall–Kier alpha value is -1.29. The van der Waals surface area contributed by atoms with Gasteiger partial charge in [0.15, 0.2) is 0 Å². The molecule has 1 aromatic carbocycles. The van der Waals surface area contributed by atoms with Crippen LogP contribution in [0.3, 0.4) is 0 Å². The summed E-state index contributed by atoms with van der Waals surface area (Å²) in [5, 5.41) is 3.89. The van der Waals surface area contributed by atoms with Crippen molar-refractivity contribution in [2.45, 2.75) is 13.0 Å². The van der Waals surface area contributed by atoms with E-state index in [2.05, 4.69) is 10.3 Å². The Bertz CT molecular complexity index is 646. The predicted molar refractivity (Wildman–Crippen MR) is 81.6 cm³/mol. The first kappa shape index (κ1) is 15.1. The van der Waals surface area contributed by atoms with Crippen molar-refractivity contribution in [1.82, 2.24) is 10.3 Å². The molecule has 1 heterocycles. The molecular formula is C14H11Cl3N2O. The van der Waals surface area contributed by atoms with Crippen LogP contribution in [0.1, 0.15) is 29.0 Å². The van der Waals surface area contributed by atoms with Crippen LogP contribution in [0.25, 0.3) is 0 Å². The van der Waals surface area contributed by atoms with Crippen molar-refractivity contribution in [3.8, 4) is 0 Å². The number of pyridine rings is 1. The third-order valence-corrected chi connectivity index (χ3v) is 3.47. The summed E-state index contributed by atoms with van der Waals surface area (Å²) in [4.78, 5) is 16.1. The van der Waals surface area contributed by atoms with E-state index in [4.69, 9.17) is 34.8 Å². The lowest BCUT2D eigenvalue weighted by atomic mass is 10.1. The van der Waals surface area contributed by atoms with E-state index in [9.17, 15) is 4.79 Å². The van der Waals surface area contributed by atoms with Gasteiger partial charge >= 0.3 is 0 Å². The molecule has 0 saturated heterocycles. The van der Waals surface area contributed by atoms with E-state index in [-0.39, 0.29) is 27.8 Å². The minimum atomic E-state index is -0.384. The lowest BCUT2D eigenvalue weighted by Gasteiger charge is -2.14. The van der Waals surface area contributed by atoms with Gasteiger partial charge < -0.3 is 5.32 Å². The summed E-state index contributed by atoms with van der Waals surface area (Å²) < 4.78 is 0. The van der Waals surface area contributed by atoms with E-state index in [0.717, 1.165) is 5.56 Å². The van der Waals surface area contributed by atoms with Crippen molar-refractivity contribution in [2.75, 3.05) is 0 Å². The molecular weight excluding hydrogens is 319 g/mol. The number of halogens is 3. The molecule has 6 heteroatoms. The van der Waals surface area contributed by atoms with Gasteiger partial charge in [0.2, 0.25) is 0 Å². The molecule has 0 radical (unpaired) electrons. The van der Waals surface area contributed by atoms with E-state index in [0.29, 0.717) is 5.02 Å². The van der Waals surface area contributed by atoms with Gasteiger partial charge in [-0.2, -0.15) is 0 Å². The van der Waals surface area contributed by atoms with E-state index in [1.165, 1.54) is 12.1 Å². The quantitative estimate of drug-likeness (QED) is 0.840. The first-order valence-electron chi connectivity index (χ1n) is 5.86. The molecule has 3 nitrogen and oxygen atoms in total. The highest BCUT2D eigenvalue weighted by atomic mass is 35.5. The molecule has 1 aromatic heterocycles. The number of hydrogen-bond donors (Lipinski definition) is 1. The lowest BCUT2D eigenvalue weighted by molar-refractivity contribution is 0.0935. The summed E-state index contributed by atoms with van der Waals surface area (Å²) >= 11 is 17.6. The Kier molecular flexibility index (Phi) is 4.86. The number of hydrogen-bond acceptors (Lipinski definition) is 2. The van der Waals surface area contributed by atoms with E-state index >= 15 is 0 Å². The number of carbonyl (C=O) groups is 1. The van der Waals surface area contributed by atoms with Crippen molar-refractivity contribution in [3.05, 3.63) is 62.9 Å². The summed E-state index contributed by atoms with van der Waals surface area (Å²) in [6, 6.07) is 10.1. The topological polar surface area (TPSA) is 42.0 Å². The normalized spacial score (nSPS) is 12.0. The molecule has 0 bridgehead atoms. The van der Waals surface area contributed by atoms with Crippen molar-refractivity contribution in [1.29, 1.82) is 0 Å². The van der Waals surface area contributed by atoms with Gasteiger partial charge in [-0.15, -0.1) is 0 Å². The third-order valence-electron chi connectivity index (χ3n) is 2.72. The minimum absolute atomic E-state index is 0.105. The second-order valence-corrected chi connectivity index (χ2v) is 5.45. The zero-order chi connectivity index (χ0) is 14.7. The monoisotopic (exact) mass is 328 g/mol. The molecule has 0 aliphatic heterocycles. The molecule has 0 saturated carbocycles.